The summed E-state index contributed by atoms with van der Waals surface area (Å²) >= 11 is 15.4. The number of anilines is 1. The van der Waals surface area contributed by atoms with Crippen LogP contribution in [-0.2, 0) is 13.6 Å². The molecule has 0 radical (unpaired) electrons. The summed E-state index contributed by atoms with van der Waals surface area (Å²) in [4.78, 5) is 4.43. The molecule has 3 rings (SSSR count). The SMILES string of the molecule is COc1cc(CNc2ncc(-c3ccc(Cl)c(Cl)c3)n2C)cc(Br)c1O. The van der Waals surface area contributed by atoms with E-state index in [9.17, 15) is 5.11 Å². The largest absolute Gasteiger partial charge is 0.503 e. The number of hydrogen-bond donors (Lipinski definition) is 2. The van der Waals surface area contributed by atoms with Crippen molar-refractivity contribution in [3.8, 4) is 22.8 Å². The van der Waals surface area contributed by atoms with Gasteiger partial charge in [0.2, 0.25) is 5.95 Å². The van der Waals surface area contributed by atoms with Crippen LogP contribution in [0.4, 0.5) is 5.95 Å². The molecule has 0 aliphatic carbocycles. The average Bonchev–Trinajstić information content (AvgIpc) is 2.99. The Balaban J connectivity index is 1.81. The predicted octanol–water partition coefficient (Wildman–Crippen LogP) is 5.48. The van der Waals surface area contributed by atoms with Crippen molar-refractivity contribution in [2.24, 2.45) is 7.05 Å². The van der Waals surface area contributed by atoms with E-state index in [1.165, 1.54) is 7.11 Å². The first kappa shape index (κ1) is 18.9. The van der Waals surface area contributed by atoms with Crippen LogP contribution < -0.4 is 10.1 Å². The summed E-state index contributed by atoms with van der Waals surface area (Å²) in [5, 5.41) is 14.2. The van der Waals surface area contributed by atoms with Crippen molar-refractivity contribution in [3.63, 3.8) is 0 Å². The molecule has 0 aliphatic heterocycles. The van der Waals surface area contributed by atoms with Crippen molar-refractivity contribution in [2.45, 2.75) is 6.54 Å². The highest BCUT2D eigenvalue weighted by molar-refractivity contribution is 9.10. The number of benzene rings is 2. The molecule has 1 heterocycles. The van der Waals surface area contributed by atoms with Crippen LogP contribution in [-0.4, -0.2) is 21.8 Å². The Kier molecular flexibility index (Phi) is 5.65. The van der Waals surface area contributed by atoms with Crippen molar-refractivity contribution < 1.29 is 9.84 Å². The number of ether oxygens (including phenoxy) is 1. The first-order chi connectivity index (χ1) is 12.4. The highest BCUT2D eigenvalue weighted by atomic mass is 79.9. The van der Waals surface area contributed by atoms with Gasteiger partial charge in [-0.1, -0.05) is 29.3 Å². The number of methoxy groups -OCH3 is 1. The molecule has 0 unspecified atom stereocenters. The monoisotopic (exact) mass is 455 g/mol. The number of rotatable bonds is 5. The molecule has 3 aromatic rings. The van der Waals surface area contributed by atoms with Gasteiger partial charge in [0.1, 0.15) is 0 Å². The van der Waals surface area contributed by atoms with Crippen molar-refractivity contribution in [3.05, 3.63) is 56.6 Å². The Morgan fingerprint density at radius 1 is 1.23 bits per heavy atom. The molecule has 0 atom stereocenters. The number of aromatic nitrogens is 2. The first-order valence-corrected chi connectivity index (χ1v) is 9.22. The fourth-order valence-corrected chi connectivity index (χ4v) is 3.35. The molecule has 0 bridgehead atoms. The van der Waals surface area contributed by atoms with Crippen LogP contribution in [0.1, 0.15) is 5.56 Å². The fraction of sp³-hybridized carbons (Fsp3) is 0.167. The molecule has 0 spiro atoms. The third-order valence-corrected chi connectivity index (χ3v) is 5.31. The van der Waals surface area contributed by atoms with E-state index in [-0.39, 0.29) is 5.75 Å². The Morgan fingerprint density at radius 3 is 2.69 bits per heavy atom. The summed E-state index contributed by atoms with van der Waals surface area (Å²) in [6.07, 6.45) is 1.77. The molecule has 0 fully saturated rings. The molecule has 2 N–H and O–H groups in total. The maximum atomic E-state index is 9.89. The van der Waals surface area contributed by atoms with Crippen molar-refractivity contribution in [1.29, 1.82) is 0 Å². The van der Waals surface area contributed by atoms with E-state index in [4.69, 9.17) is 27.9 Å². The molecule has 0 saturated heterocycles. The standard InChI is InChI=1S/C18H16BrCl2N3O2/c1-24-15(11-3-4-13(20)14(21)7-11)9-23-18(24)22-8-10-5-12(19)17(25)16(6-10)26-2/h3-7,9,25H,8H2,1-2H3,(H,22,23). The maximum absolute atomic E-state index is 9.89. The van der Waals surface area contributed by atoms with Gasteiger partial charge in [0.25, 0.3) is 0 Å². The highest BCUT2D eigenvalue weighted by Gasteiger charge is 2.12. The second kappa shape index (κ2) is 7.78. The Hall–Kier alpha value is -1.89. The summed E-state index contributed by atoms with van der Waals surface area (Å²) in [6, 6.07) is 9.08. The fourth-order valence-electron chi connectivity index (χ4n) is 2.56. The molecule has 136 valence electrons. The molecule has 26 heavy (non-hydrogen) atoms. The van der Waals surface area contributed by atoms with Crippen LogP contribution in [0.5, 0.6) is 11.5 Å². The van der Waals surface area contributed by atoms with E-state index in [0.29, 0.717) is 32.8 Å². The predicted molar refractivity (Wildman–Crippen MR) is 108 cm³/mol. The van der Waals surface area contributed by atoms with Crippen molar-refractivity contribution in [2.75, 3.05) is 12.4 Å². The molecule has 2 aromatic carbocycles. The van der Waals surface area contributed by atoms with E-state index in [2.05, 4.69) is 26.2 Å². The minimum absolute atomic E-state index is 0.0788. The van der Waals surface area contributed by atoms with Gasteiger partial charge < -0.3 is 19.7 Å². The molecule has 5 nitrogen and oxygen atoms in total. The van der Waals surface area contributed by atoms with E-state index < -0.39 is 0 Å². The van der Waals surface area contributed by atoms with Crippen LogP contribution in [0, 0.1) is 0 Å². The van der Waals surface area contributed by atoms with Crippen LogP contribution in [0.15, 0.2) is 41.0 Å². The Labute approximate surface area is 169 Å². The topological polar surface area (TPSA) is 59.3 Å². The normalized spacial score (nSPS) is 10.8. The number of phenols is 1. The van der Waals surface area contributed by atoms with Gasteiger partial charge in [0.15, 0.2) is 11.5 Å². The van der Waals surface area contributed by atoms with Crippen LogP contribution in [0.2, 0.25) is 10.0 Å². The molecular weight excluding hydrogens is 441 g/mol. The van der Waals surface area contributed by atoms with Gasteiger partial charge in [-0.2, -0.15) is 0 Å². The second-order valence-electron chi connectivity index (χ2n) is 5.64. The van der Waals surface area contributed by atoms with Crippen molar-refractivity contribution in [1.82, 2.24) is 9.55 Å². The third kappa shape index (κ3) is 3.77. The van der Waals surface area contributed by atoms with Gasteiger partial charge in [-0.05, 0) is 45.8 Å². The van der Waals surface area contributed by atoms with E-state index in [0.717, 1.165) is 16.8 Å². The number of imidazole rings is 1. The lowest BCUT2D eigenvalue weighted by molar-refractivity contribution is 0.371. The van der Waals surface area contributed by atoms with E-state index in [1.807, 2.05) is 29.8 Å². The molecule has 0 saturated carbocycles. The highest BCUT2D eigenvalue weighted by Crippen LogP contribution is 2.35. The number of aromatic hydroxyl groups is 1. The zero-order valence-electron chi connectivity index (χ0n) is 14.1. The summed E-state index contributed by atoms with van der Waals surface area (Å²) in [6.45, 7) is 0.515. The molecule has 0 amide bonds. The minimum atomic E-state index is 0.0788. The van der Waals surface area contributed by atoms with Gasteiger partial charge in [-0.3, -0.25) is 0 Å². The smallest absolute Gasteiger partial charge is 0.203 e. The lowest BCUT2D eigenvalue weighted by atomic mass is 10.2. The van der Waals surface area contributed by atoms with Gasteiger partial charge in [-0.15, -0.1) is 0 Å². The molecule has 0 aliphatic rings. The summed E-state index contributed by atoms with van der Waals surface area (Å²) in [5.41, 5.74) is 2.78. The summed E-state index contributed by atoms with van der Waals surface area (Å²) in [5.74, 6) is 1.19. The van der Waals surface area contributed by atoms with E-state index >= 15 is 0 Å². The zero-order valence-corrected chi connectivity index (χ0v) is 17.2. The molecular formula is C18H16BrCl2N3O2. The van der Waals surface area contributed by atoms with Crippen LogP contribution in [0.25, 0.3) is 11.3 Å². The van der Waals surface area contributed by atoms with E-state index in [1.54, 1.807) is 18.3 Å². The lowest BCUT2D eigenvalue weighted by Gasteiger charge is -2.11. The average molecular weight is 457 g/mol. The van der Waals surface area contributed by atoms with Gasteiger partial charge in [0.05, 0.1) is 33.5 Å². The second-order valence-corrected chi connectivity index (χ2v) is 7.31. The summed E-state index contributed by atoms with van der Waals surface area (Å²) < 4.78 is 7.68. The number of phenolic OH excluding ortho intramolecular Hbond substituents is 1. The molecule has 1 aromatic heterocycles. The Bertz CT molecular complexity index is 960. The Morgan fingerprint density at radius 2 is 2.00 bits per heavy atom. The maximum Gasteiger partial charge on any atom is 0.203 e. The van der Waals surface area contributed by atoms with Gasteiger partial charge in [0, 0.05) is 19.2 Å². The van der Waals surface area contributed by atoms with Gasteiger partial charge >= 0.3 is 0 Å². The summed E-state index contributed by atoms with van der Waals surface area (Å²) in [7, 11) is 3.43. The third-order valence-electron chi connectivity index (χ3n) is 3.96. The lowest BCUT2D eigenvalue weighted by Crippen LogP contribution is -2.06. The van der Waals surface area contributed by atoms with Crippen molar-refractivity contribution >= 4 is 45.1 Å². The number of halogens is 3. The number of nitrogens with one attached hydrogen (secondary N) is 1. The first-order valence-electron chi connectivity index (χ1n) is 7.67. The zero-order chi connectivity index (χ0) is 18.8. The number of nitrogens with zero attached hydrogens (tertiary/aromatic N) is 2. The number of hydrogen-bond acceptors (Lipinski definition) is 4. The molecule has 8 heteroatoms. The quantitative estimate of drug-likeness (QED) is 0.533. The van der Waals surface area contributed by atoms with Gasteiger partial charge in [-0.25, -0.2) is 4.98 Å². The van der Waals surface area contributed by atoms with Crippen LogP contribution in [0.3, 0.4) is 0 Å². The minimum Gasteiger partial charge on any atom is -0.503 e. The van der Waals surface area contributed by atoms with Crippen LogP contribution >= 0.6 is 39.1 Å².